The molecule has 0 unspecified atom stereocenters. The standard InChI is InChI=1S/C14H19NO4/c1-14(2,13(17)19-4)12(16)15-9-10-6-5-7-11(8-10)18-3/h5-8H,9H2,1-4H3,(H,15,16). The summed E-state index contributed by atoms with van der Waals surface area (Å²) in [6.45, 7) is 3.38. The number of carbonyl (C=O) groups is 2. The largest absolute Gasteiger partial charge is 0.497 e. The van der Waals surface area contributed by atoms with E-state index in [-0.39, 0.29) is 5.91 Å². The van der Waals surface area contributed by atoms with E-state index in [0.29, 0.717) is 6.54 Å². The minimum absolute atomic E-state index is 0.330. The normalized spacial score (nSPS) is 10.7. The minimum atomic E-state index is -1.20. The molecular weight excluding hydrogens is 246 g/mol. The molecule has 0 heterocycles. The molecule has 0 saturated carbocycles. The Morgan fingerprint density at radius 2 is 1.95 bits per heavy atom. The van der Waals surface area contributed by atoms with Crippen LogP contribution in [0.2, 0.25) is 0 Å². The van der Waals surface area contributed by atoms with Gasteiger partial charge in [0.05, 0.1) is 14.2 Å². The SMILES string of the molecule is COC(=O)C(C)(C)C(=O)NCc1cccc(OC)c1. The average Bonchev–Trinajstić information content (AvgIpc) is 2.43. The van der Waals surface area contributed by atoms with Crippen LogP contribution >= 0.6 is 0 Å². The maximum absolute atomic E-state index is 11.9. The van der Waals surface area contributed by atoms with Gasteiger partial charge < -0.3 is 14.8 Å². The van der Waals surface area contributed by atoms with E-state index < -0.39 is 11.4 Å². The Morgan fingerprint density at radius 1 is 1.26 bits per heavy atom. The van der Waals surface area contributed by atoms with Gasteiger partial charge in [0.15, 0.2) is 0 Å². The molecule has 5 nitrogen and oxygen atoms in total. The third-order valence-corrected chi connectivity index (χ3v) is 2.85. The van der Waals surface area contributed by atoms with E-state index in [0.717, 1.165) is 11.3 Å². The highest BCUT2D eigenvalue weighted by Crippen LogP contribution is 2.18. The lowest BCUT2D eigenvalue weighted by Crippen LogP contribution is -2.42. The fraction of sp³-hybridized carbons (Fsp3) is 0.429. The van der Waals surface area contributed by atoms with Gasteiger partial charge in [0.2, 0.25) is 5.91 Å². The first-order chi connectivity index (χ1) is 8.91. The van der Waals surface area contributed by atoms with E-state index in [1.807, 2.05) is 24.3 Å². The highest BCUT2D eigenvalue weighted by Gasteiger charge is 2.36. The molecule has 1 aromatic rings. The molecule has 1 aromatic carbocycles. The molecular formula is C14H19NO4. The monoisotopic (exact) mass is 265 g/mol. The maximum atomic E-state index is 11.9. The lowest BCUT2D eigenvalue weighted by atomic mass is 9.92. The molecule has 0 aliphatic heterocycles. The lowest BCUT2D eigenvalue weighted by molar-refractivity contribution is -0.156. The third-order valence-electron chi connectivity index (χ3n) is 2.85. The van der Waals surface area contributed by atoms with Gasteiger partial charge >= 0.3 is 5.97 Å². The van der Waals surface area contributed by atoms with Crippen LogP contribution in [-0.2, 0) is 20.9 Å². The molecule has 0 saturated heterocycles. The number of methoxy groups -OCH3 is 2. The molecule has 0 aromatic heterocycles. The van der Waals surface area contributed by atoms with Crippen molar-refractivity contribution in [3.63, 3.8) is 0 Å². The Kier molecular flexibility index (Phi) is 4.92. The molecule has 1 amide bonds. The fourth-order valence-corrected chi connectivity index (χ4v) is 1.53. The second kappa shape index (κ2) is 6.22. The van der Waals surface area contributed by atoms with Gasteiger partial charge in [-0.05, 0) is 31.5 Å². The Labute approximate surface area is 112 Å². The van der Waals surface area contributed by atoms with Crippen LogP contribution < -0.4 is 10.1 Å². The first kappa shape index (κ1) is 15.0. The lowest BCUT2D eigenvalue weighted by Gasteiger charge is -2.20. The Hall–Kier alpha value is -2.04. The summed E-state index contributed by atoms with van der Waals surface area (Å²) in [5.41, 5.74) is -0.304. The van der Waals surface area contributed by atoms with E-state index in [1.54, 1.807) is 7.11 Å². The topological polar surface area (TPSA) is 64.6 Å². The second-order valence-corrected chi connectivity index (χ2v) is 4.65. The van der Waals surface area contributed by atoms with E-state index in [1.165, 1.54) is 21.0 Å². The number of benzene rings is 1. The zero-order chi connectivity index (χ0) is 14.5. The van der Waals surface area contributed by atoms with E-state index >= 15 is 0 Å². The molecule has 1 N–H and O–H groups in total. The molecule has 104 valence electrons. The number of nitrogens with one attached hydrogen (secondary N) is 1. The zero-order valence-electron chi connectivity index (χ0n) is 11.6. The number of hydrogen-bond donors (Lipinski definition) is 1. The molecule has 0 aliphatic carbocycles. The molecule has 0 radical (unpaired) electrons. The molecule has 0 aliphatic rings. The highest BCUT2D eigenvalue weighted by atomic mass is 16.5. The van der Waals surface area contributed by atoms with Crippen LogP contribution in [-0.4, -0.2) is 26.1 Å². The van der Waals surface area contributed by atoms with Crippen molar-refractivity contribution in [2.45, 2.75) is 20.4 Å². The van der Waals surface area contributed by atoms with Crippen molar-refractivity contribution in [3.8, 4) is 5.75 Å². The first-order valence-corrected chi connectivity index (χ1v) is 5.91. The Bertz CT molecular complexity index is 468. The van der Waals surface area contributed by atoms with Crippen LogP contribution in [0.5, 0.6) is 5.75 Å². The third kappa shape index (κ3) is 3.71. The van der Waals surface area contributed by atoms with Gasteiger partial charge in [0, 0.05) is 6.54 Å². The molecule has 0 atom stereocenters. The van der Waals surface area contributed by atoms with Gasteiger partial charge in [-0.3, -0.25) is 9.59 Å². The van der Waals surface area contributed by atoms with Crippen molar-refractivity contribution < 1.29 is 19.1 Å². The summed E-state index contributed by atoms with van der Waals surface area (Å²) in [7, 11) is 2.84. The van der Waals surface area contributed by atoms with Gasteiger partial charge in [0.25, 0.3) is 0 Å². The predicted octanol–water partition coefficient (Wildman–Crippen LogP) is 1.51. The summed E-state index contributed by atoms with van der Waals surface area (Å²) in [4.78, 5) is 23.4. The number of rotatable bonds is 5. The van der Waals surface area contributed by atoms with Gasteiger partial charge in [-0.1, -0.05) is 12.1 Å². The van der Waals surface area contributed by atoms with E-state index in [4.69, 9.17) is 4.74 Å². The number of hydrogen-bond acceptors (Lipinski definition) is 4. The van der Waals surface area contributed by atoms with Crippen molar-refractivity contribution in [1.82, 2.24) is 5.32 Å². The van der Waals surface area contributed by atoms with Crippen LogP contribution in [0.4, 0.5) is 0 Å². The summed E-state index contributed by atoms with van der Waals surface area (Å²) >= 11 is 0. The predicted molar refractivity (Wildman–Crippen MR) is 70.6 cm³/mol. The first-order valence-electron chi connectivity index (χ1n) is 5.91. The maximum Gasteiger partial charge on any atom is 0.320 e. The van der Waals surface area contributed by atoms with Crippen molar-refractivity contribution in [3.05, 3.63) is 29.8 Å². The minimum Gasteiger partial charge on any atom is -0.497 e. The van der Waals surface area contributed by atoms with Gasteiger partial charge in [-0.15, -0.1) is 0 Å². The number of esters is 1. The van der Waals surface area contributed by atoms with Gasteiger partial charge in [-0.2, -0.15) is 0 Å². The van der Waals surface area contributed by atoms with Crippen LogP contribution in [0.1, 0.15) is 19.4 Å². The van der Waals surface area contributed by atoms with Crippen LogP contribution in [0.15, 0.2) is 24.3 Å². The smallest absolute Gasteiger partial charge is 0.320 e. The summed E-state index contributed by atoms with van der Waals surface area (Å²) in [5.74, 6) is -0.211. The van der Waals surface area contributed by atoms with Gasteiger partial charge in [-0.25, -0.2) is 0 Å². The molecule has 0 bridgehead atoms. The molecule has 19 heavy (non-hydrogen) atoms. The van der Waals surface area contributed by atoms with Crippen molar-refractivity contribution >= 4 is 11.9 Å². The van der Waals surface area contributed by atoms with E-state index in [9.17, 15) is 9.59 Å². The summed E-state index contributed by atoms with van der Waals surface area (Å²) in [6.07, 6.45) is 0. The summed E-state index contributed by atoms with van der Waals surface area (Å²) in [5, 5.41) is 2.71. The summed E-state index contributed by atoms with van der Waals surface area (Å²) in [6, 6.07) is 7.36. The number of ether oxygens (including phenoxy) is 2. The van der Waals surface area contributed by atoms with Crippen molar-refractivity contribution in [2.24, 2.45) is 5.41 Å². The Balaban J connectivity index is 2.66. The fourth-order valence-electron chi connectivity index (χ4n) is 1.53. The quantitative estimate of drug-likeness (QED) is 0.647. The molecule has 0 fully saturated rings. The molecule has 5 heteroatoms. The highest BCUT2D eigenvalue weighted by molar-refractivity contribution is 6.01. The van der Waals surface area contributed by atoms with Crippen LogP contribution in [0.3, 0.4) is 0 Å². The zero-order valence-corrected chi connectivity index (χ0v) is 11.6. The number of carbonyl (C=O) groups excluding carboxylic acids is 2. The van der Waals surface area contributed by atoms with Crippen LogP contribution in [0.25, 0.3) is 0 Å². The van der Waals surface area contributed by atoms with Crippen molar-refractivity contribution in [1.29, 1.82) is 0 Å². The summed E-state index contributed by atoms with van der Waals surface area (Å²) < 4.78 is 9.70. The second-order valence-electron chi connectivity index (χ2n) is 4.65. The van der Waals surface area contributed by atoms with E-state index in [2.05, 4.69) is 10.1 Å². The van der Waals surface area contributed by atoms with Crippen molar-refractivity contribution in [2.75, 3.05) is 14.2 Å². The molecule has 0 spiro atoms. The van der Waals surface area contributed by atoms with Gasteiger partial charge in [0.1, 0.15) is 11.2 Å². The average molecular weight is 265 g/mol. The Morgan fingerprint density at radius 3 is 2.53 bits per heavy atom. The molecule has 1 rings (SSSR count). The van der Waals surface area contributed by atoms with Crippen LogP contribution in [0, 0.1) is 5.41 Å². The number of amides is 1.